The number of carbonyl (C=O) groups is 1. The number of rotatable bonds is 6. The average molecular weight is 461 g/mol. The Hall–Kier alpha value is -2.68. The minimum Gasteiger partial charge on any atom is -0.467 e. The number of fused-ring (bicyclic) bond motifs is 1. The van der Waals surface area contributed by atoms with Crippen LogP contribution in [0.15, 0.2) is 70.2 Å². The van der Waals surface area contributed by atoms with Gasteiger partial charge in [0.1, 0.15) is 11.3 Å². The number of anilines is 1. The molecule has 4 rings (SSSR count). The number of furan rings is 1. The number of aromatic nitrogens is 1. The van der Waals surface area contributed by atoms with Crippen LogP contribution in [-0.4, -0.2) is 25.1 Å². The predicted octanol–water partition coefficient (Wildman–Crippen LogP) is 5.18. The molecule has 2 aromatic heterocycles. The number of thiazole rings is 1. The molecule has 9 heteroatoms. The van der Waals surface area contributed by atoms with Crippen LogP contribution in [0.4, 0.5) is 5.13 Å². The van der Waals surface area contributed by atoms with Crippen LogP contribution in [0, 0.1) is 0 Å². The lowest BCUT2D eigenvalue weighted by molar-refractivity contribution is 0.0983. The van der Waals surface area contributed by atoms with Gasteiger partial charge < -0.3 is 4.42 Å². The molecular weight excluding hydrogens is 444 g/mol. The lowest BCUT2D eigenvalue weighted by Crippen LogP contribution is -2.30. The maximum atomic E-state index is 13.3. The molecular formula is C21H17ClN2O4S2. The second-order valence-corrected chi connectivity index (χ2v) is 10.2. The van der Waals surface area contributed by atoms with Gasteiger partial charge in [0.15, 0.2) is 15.0 Å². The van der Waals surface area contributed by atoms with Gasteiger partial charge in [-0.05, 0) is 48.5 Å². The molecule has 2 aromatic carbocycles. The third-order valence-corrected chi connectivity index (χ3v) is 7.67. The summed E-state index contributed by atoms with van der Waals surface area (Å²) in [6, 6.07) is 14.9. The van der Waals surface area contributed by atoms with E-state index in [4.69, 9.17) is 16.0 Å². The molecule has 0 atom stereocenters. The van der Waals surface area contributed by atoms with Gasteiger partial charge in [-0.15, -0.1) is 0 Å². The molecule has 0 saturated heterocycles. The summed E-state index contributed by atoms with van der Waals surface area (Å²) in [5.41, 5.74) is 0.975. The molecule has 4 aromatic rings. The van der Waals surface area contributed by atoms with E-state index >= 15 is 0 Å². The fraction of sp³-hybridized carbons (Fsp3) is 0.143. The normalized spacial score (nSPS) is 11.7. The Bertz CT molecular complexity index is 1300. The quantitative estimate of drug-likeness (QED) is 0.396. The summed E-state index contributed by atoms with van der Waals surface area (Å²) < 4.78 is 30.4. The van der Waals surface area contributed by atoms with Gasteiger partial charge in [-0.1, -0.05) is 35.9 Å². The van der Waals surface area contributed by atoms with Crippen LogP contribution in [-0.2, 0) is 16.4 Å². The van der Waals surface area contributed by atoms with E-state index in [9.17, 15) is 13.2 Å². The van der Waals surface area contributed by atoms with Crippen molar-refractivity contribution in [2.75, 3.05) is 10.7 Å². The zero-order valence-corrected chi connectivity index (χ0v) is 18.3. The van der Waals surface area contributed by atoms with Crippen molar-refractivity contribution < 1.29 is 17.6 Å². The van der Waals surface area contributed by atoms with E-state index in [1.54, 1.807) is 25.1 Å². The number of carbonyl (C=O) groups excluding carboxylic acids is 1. The summed E-state index contributed by atoms with van der Waals surface area (Å²) in [5, 5.41) is 0.985. The van der Waals surface area contributed by atoms with Gasteiger partial charge in [0, 0.05) is 5.56 Å². The zero-order chi connectivity index (χ0) is 21.3. The van der Waals surface area contributed by atoms with Crippen molar-refractivity contribution >= 4 is 54.0 Å². The van der Waals surface area contributed by atoms with Crippen molar-refractivity contribution in [3.63, 3.8) is 0 Å². The van der Waals surface area contributed by atoms with Crippen LogP contribution in [0.1, 0.15) is 23.0 Å². The number of nitrogens with zero attached hydrogens (tertiary/aromatic N) is 2. The van der Waals surface area contributed by atoms with E-state index in [0.717, 1.165) is 4.70 Å². The Morgan fingerprint density at radius 1 is 1.13 bits per heavy atom. The Morgan fingerprint density at radius 2 is 1.90 bits per heavy atom. The van der Waals surface area contributed by atoms with Crippen LogP contribution in [0.2, 0.25) is 5.02 Å². The third kappa shape index (κ3) is 3.98. The van der Waals surface area contributed by atoms with Gasteiger partial charge in [-0.25, -0.2) is 13.4 Å². The molecule has 1 amide bonds. The van der Waals surface area contributed by atoms with Gasteiger partial charge in [0.05, 0.1) is 33.2 Å². The smallest absolute Gasteiger partial charge is 0.260 e. The van der Waals surface area contributed by atoms with Gasteiger partial charge >= 0.3 is 0 Å². The molecule has 0 saturated carbocycles. The van der Waals surface area contributed by atoms with Crippen LogP contribution < -0.4 is 4.90 Å². The van der Waals surface area contributed by atoms with Crippen molar-refractivity contribution in [1.29, 1.82) is 0 Å². The SMILES string of the molecule is CCS(=O)(=O)c1ccc(C(=O)N(Cc2ccco2)c2nc3c(Cl)cccc3s2)cc1. The van der Waals surface area contributed by atoms with E-state index in [1.165, 1.54) is 46.8 Å². The highest BCUT2D eigenvalue weighted by atomic mass is 35.5. The minimum absolute atomic E-state index is 0.00260. The van der Waals surface area contributed by atoms with E-state index < -0.39 is 9.84 Å². The molecule has 0 fully saturated rings. The van der Waals surface area contributed by atoms with Gasteiger partial charge in [0.25, 0.3) is 5.91 Å². The predicted molar refractivity (Wildman–Crippen MR) is 118 cm³/mol. The Balaban J connectivity index is 1.73. The Morgan fingerprint density at radius 3 is 2.53 bits per heavy atom. The average Bonchev–Trinajstić information content (AvgIpc) is 3.42. The number of amides is 1. The Labute approximate surface area is 182 Å². The zero-order valence-electron chi connectivity index (χ0n) is 15.9. The van der Waals surface area contributed by atoms with E-state index in [2.05, 4.69) is 4.98 Å². The molecule has 154 valence electrons. The summed E-state index contributed by atoms with van der Waals surface area (Å²) in [6.45, 7) is 1.76. The van der Waals surface area contributed by atoms with Crippen LogP contribution in [0.5, 0.6) is 0 Å². The molecule has 0 bridgehead atoms. The topological polar surface area (TPSA) is 80.5 Å². The monoisotopic (exact) mass is 460 g/mol. The first-order valence-corrected chi connectivity index (χ1v) is 12.0. The highest BCUT2D eigenvalue weighted by molar-refractivity contribution is 7.91. The molecule has 0 aliphatic carbocycles. The number of hydrogen-bond acceptors (Lipinski definition) is 6. The second kappa shape index (κ2) is 8.22. The second-order valence-electron chi connectivity index (χ2n) is 6.48. The number of benzene rings is 2. The minimum atomic E-state index is -3.34. The molecule has 0 spiro atoms. The largest absolute Gasteiger partial charge is 0.467 e. The third-order valence-electron chi connectivity index (χ3n) is 4.57. The van der Waals surface area contributed by atoms with Crippen molar-refractivity contribution in [3.8, 4) is 0 Å². The lowest BCUT2D eigenvalue weighted by atomic mass is 10.2. The molecule has 2 heterocycles. The first kappa shape index (κ1) is 20.6. The summed E-state index contributed by atoms with van der Waals surface area (Å²) in [5.74, 6) is 0.276. The van der Waals surface area contributed by atoms with Crippen molar-refractivity contribution in [3.05, 3.63) is 77.2 Å². The Kier molecular flexibility index (Phi) is 5.64. The molecule has 0 radical (unpaired) electrons. The fourth-order valence-corrected chi connectivity index (χ4v) is 5.08. The van der Waals surface area contributed by atoms with Gasteiger partial charge in [-0.2, -0.15) is 0 Å². The molecule has 0 N–H and O–H groups in total. The number of sulfone groups is 1. The van der Waals surface area contributed by atoms with Crippen molar-refractivity contribution in [2.45, 2.75) is 18.4 Å². The standard InChI is InChI=1S/C21H17ClN2O4S2/c1-2-30(26,27)16-10-8-14(9-11-16)20(25)24(13-15-5-4-12-28-15)21-23-19-17(22)6-3-7-18(19)29-21/h3-12H,2,13H2,1H3. The number of hydrogen-bond donors (Lipinski definition) is 0. The summed E-state index contributed by atoms with van der Waals surface area (Å²) >= 11 is 7.60. The van der Waals surface area contributed by atoms with E-state index in [0.29, 0.717) is 27.0 Å². The molecule has 0 aliphatic heterocycles. The van der Waals surface area contributed by atoms with E-state index in [1.807, 2.05) is 12.1 Å². The van der Waals surface area contributed by atoms with Crippen LogP contribution in [0.3, 0.4) is 0 Å². The number of halogens is 1. The maximum Gasteiger partial charge on any atom is 0.260 e. The van der Waals surface area contributed by atoms with Gasteiger partial charge in [-0.3, -0.25) is 9.69 Å². The maximum absolute atomic E-state index is 13.3. The molecule has 30 heavy (non-hydrogen) atoms. The first-order valence-electron chi connectivity index (χ1n) is 9.11. The molecule has 6 nitrogen and oxygen atoms in total. The summed E-state index contributed by atoms with van der Waals surface area (Å²) in [4.78, 5) is 19.6. The van der Waals surface area contributed by atoms with Crippen LogP contribution >= 0.6 is 22.9 Å². The lowest BCUT2D eigenvalue weighted by Gasteiger charge is -2.19. The van der Waals surface area contributed by atoms with Crippen LogP contribution in [0.25, 0.3) is 10.2 Å². The number of para-hydroxylation sites is 1. The molecule has 0 unspecified atom stereocenters. The summed E-state index contributed by atoms with van der Waals surface area (Å²) in [7, 11) is -3.34. The van der Waals surface area contributed by atoms with Gasteiger partial charge in [0.2, 0.25) is 0 Å². The van der Waals surface area contributed by atoms with Crippen molar-refractivity contribution in [2.24, 2.45) is 0 Å². The van der Waals surface area contributed by atoms with Crippen molar-refractivity contribution in [1.82, 2.24) is 4.98 Å². The highest BCUT2D eigenvalue weighted by Crippen LogP contribution is 2.34. The first-order chi connectivity index (χ1) is 14.4. The fourth-order valence-electron chi connectivity index (χ4n) is 2.93. The van der Waals surface area contributed by atoms with E-state index in [-0.39, 0.29) is 23.1 Å². The highest BCUT2D eigenvalue weighted by Gasteiger charge is 2.24. The summed E-state index contributed by atoms with van der Waals surface area (Å²) in [6.07, 6.45) is 1.54. The molecule has 0 aliphatic rings.